The van der Waals surface area contributed by atoms with Crippen LogP contribution in [-0.4, -0.2) is 70.9 Å². The van der Waals surface area contributed by atoms with Gasteiger partial charge in [0.25, 0.3) is 5.91 Å². The Morgan fingerprint density at radius 2 is 1.21 bits per heavy atom. The van der Waals surface area contributed by atoms with E-state index in [0.717, 1.165) is 0 Å². The first-order valence-electron chi connectivity index (χ1n) is 13.1. The summed E-state index contributed by atoms with van der Waals surface area (Å²) in [4.78, 5) is 36.6. The van der Waals surface area contributed by atoms with E-state index in [1.807, 2.05) is 0 Å². The lowest BCUT2D eigenvalue weighted by atomic mass is 9.99. The van der Waals surface area contributed by atoms with Crippen molar-refractivity contribution in [3.8, 4) is 0 Å². The molecule has 0 aromatic heterocycles. The maximum absolute atomic E-state index is 13.6. The lowest BCUT2D eigenvalue weighted by Gasteiger charge is -2.18. The molecular formula is C30H33NO9S2. The van der Waals surface area contributed by atoms with Gasteiger partial charge < -0.3 is 15.2 Å². The molecule has 3 rings (SSSR count). The van der Waals surface area contributed by atoms with Crippen LogP contribution in [0.2, 0.25) is 0 Å². The van der Waals surface area contributed by atoms with Crippen LogP contribution in [0.1, 0.15) is 38.3 Å². The number of Topliss-reactive ketones (excluding diaryl/α,β-unsaturated/α-hetero) is 1. The highest BCUT2D eigenvalue weighted by atomic mass is 32.2. The van der Waals surface area contributed by atoms with Crippen molar-refractivity contribution in [3.63, 3.8) is 0 Å². The number of ketones is 1. The summed E-state index contributed by atoms with van der Waals surface area (Å²) in [5, 5.41) is 11.2. The summed E-state index contributed by atoms with van der Waals surface area (Å²) in [7, 11) is -8.09. The molecule has 0 heterocycles. The molecule has 0 atom stereocenters. The molecule has 0 aliphatic heterocycles. The molecule has 0 fully saturated rings. The second-order valence-electron chi connectivity index (χ2n) is 9.74. The number of carbonyl (C=O) groups is 3. The molecule has 0 radical (unpaired) electrons. The van der Waals surface area contributed by atoms with Crippen LogP contribution in [0.25, 0.3) is 0 Å². The molecular weight excluding hydrogens is 582 g/mol. The van der Waals surface area contributed by atoms with Crippen LogP contribution in [-0.2, 0) is 29.2 Å². The Bertz CT molecular complexity index is 1570. The average Bonchev–Trinajstić information content (AvgIpc) is 2.94. The second-order valence-corrected chi connectivity index (χ2v) is 13.7. The fraction of sp³-hybridized carbons (Fsp3) is 0.300. The molecule has 0 aliphatic carbocycles. The van der Waals surface area contributed by atoms with Crippen molar-refractivity contribution in [1.29, 1.82) is 0 Å². The molecule has 0 saturated carbocycles. The molecule has 0 aliphatic rings. The fourth-order valence-electron chi connectivity index (χ4n) is 4.34. The number of benzene rings is 3. The number of ether oxygens (including phenoxy) is 1. The summed E-state index contributed by atoms with van der Waals surface area (Å²) >= 11 is 0. The number of rotatable bonds is 15. The van der Waals surface area contributed by atoms with E-state index < -0.39 is 54.8 Å². The number of nitrogens with one attached hydrogen (secondary N) is 1. The van der Waals surface area contributed by atoms with E-state index in [4.69, 9.17) is 9.84 Å². The Labute approximate surface area is 245 Å². The Morgan fingerprint density at radius 3 is 1.69 bits per heavy atom. The van der Waals surface area contributed by atoms with Crippen LogP contribution in [0.5, 0.6) is 0 Å². The summed E-state index contributed by atoms with van der Waals surface area (Å²) < 4.78 is 58.7. The molecule has 2 N–H and O–H groups in total. The van der Waals surface area contributed by atoms with Gasteiger partial charge in [0.05, 0.1) is 46.8 Å². The normalized spacial score (nSPS) is 11.8. The van der Waals surface area contributed by atoms with E-state index >= 15 is 0 Å². The number of aliphatic carboxylic acids is 1. The van der Waals surface area contributed by atoms with Gasteiger partial charge >= 0.3 is 5.97 Å². The van der Waals surface area contributed by atoms with Gasteiger partial charge in [-0.25, -0.2) is 16.8 Å². The standard InChI is InChI=1S/C30H33NO9S2/c1-21-7-3-5-9-26(21)41(36,37)19-25(20-42(38,39)27-10-6-4-8-22(27)2)29(34)23-11-13-24(14-12-23)30(35)31-16-18-40-17-15-28(32)33/h3-14,25H,15-20H2,1-2H3,(H,31,35)(H,32,33). The zero-order chi connectivity index (χ0) is 30.9. The molecule has 42 heavy (non-hydrogen) atoms. The smallest absolute Gasteiger partial charge is 0.305 e. The van der Waals surface area contributed by atoms with Crippen molar-refractivity contribution in [2.75, 3.05) is 31.3 Å². The van der Waals surface area contributed by atoms with E-state index in [-0.39, 0.29) is 47.1 Å². The van der Waals surface area contributed by atoms with Crippen LogP contribution in [0.15, 0.2) is 82.6 Å². The topological polar surface area (TPSA) is 161 Å². The zero-order valence-electron chi connectivity index (χ0n) is 23.3. The van der Waals surface area contributed by atoms with Gasteiger partial charge in [-0.05, 0) is 49.2 Å². The minimum atomic E-state index is -4.05. The minimum Gasteiger partial charge on any atom is -0.481 e. The predicted octanol–water partition coefficient (Wildman–Crippen LogP) is 3.27. The third-order valence-electron chi connectivity index (χ3n) is 6.49. The lowest BCUT2D eigenvalue weighted by molar-refractivity contribution is -0.138. The van der Waals surface area contributed by atoms with Crippen LogP contribution >= 0.6 is 0 Å². The number of carboxylic acid groups (broad SMARTS) is 1. The Hall–Kier alpha value is -3.87. The zero-order valence-corrected chi connectivity index (χ0v) is 24.9. The van der Waals surface area contributed by atoms with Crippen molar-refractivity contribution < 1.29 is 41.1 Å². The quantitative estimate of drug-likeness (QED) is 0.193. The van der Waals surface area contributed by atoms with Crippen LogP contribution < -0.4 is 5.32 Å². The molecule has 1 amide bonds. The van der Waals surface area contributed by atoms with Crippen molar-refractivity contribution in [2.24, 2.45) is 5.92 Å². The van der Waals surface area contributed by atoms with Crippen molar-refractivity contribution >= 4 is 37.3 Å². The number of amides is 1. The Morgan fingerprint density at radius 1 is 0.738 bits per heavy atom. The second kappa shape index (κ2) is 14.3. The first kappa shape index (κ1) is 32.6. The third-order valence-corrected chi connectivity index (χ3v) is 10.4. The maximum Gasteiger partial charge on any atom is 0.305 e. The minimum absolute atomic E-state index is 0.0162. The van der Waals surface area contributed by atoms with Gasteiger partial charge in [-0.15, -0.1) is 0 Å². The highest BCUT2D eigenvalue weighted by Gasteiger charge is 2.33. The predicted molar refractivity (Wildman–Crippen MR) is 156 cm³/mol. The average molecular weight is 616 g/mol. The first-order chi connectivity index (χ1) is 19.8. The summed E-state index contributed by atoms with van der Waals surface area (Å²) in [6.45, 7) is 3.51. The molecule has 0 saturated heterocycles. The molecule has 3 aromatic rings. The van der Waals surface area contributed by atoms with Gasteiger partial charge in [0.15, 0.2) is 25.5 Å². The number of aryl methyl sites for hydroxylation is 2. The number of hydrogen-bond acceptors (Lipinski definition) is 8. The van der Waals surface area contributed by atoms with Gasteiger partial charge in [-0.1, -0.05) is 48.5 Å². The Balaban J connectivity index is 1.82. The number of carbonyl (C=O) groups excluding carboxylic acids is 2. The lowest BCUT2D eigenvalue weighted by Crippen LogP contribution is -2.31. The van der Waals surface area contributed by atoms with Gasteiger partial charge in [0.1, 0.15) is 0 Å². The molecule has 0 bridgehead atoms. The van der Waals surface area contributed by atoms with Crippen LogP contribution in [0, 0.1) is 19.8 Å². The highest BCUT2D eigenvalue weighted by Crippen LogP contribution is 2.25. The highest BCUT2D eigenvalue weighted by molar-refractivity contribution is 7.92. The Kier molecular flexibility index (Phi) is 11.1. The monoisotopic (exact) mass is 615 g/mol. The van der Waals surface area contributed by atoms with Crippen LogP contribution in [0.4, 0.5) is 0 Å². The van der Waals surface area contributed by atoms with Gasteiger partial charge in [-0.2, -0.15) is 0 Å². The summed E-state index contributed by atoms with van der Waals surface area (Å²) in [5.41, 5.74) is 1.24. The van der Waals surface area contributed by atoms with E-state index in [2.05, 4.69) is 5.32 Å². The number of carboxylic acids is 1. The molecule has 3 aromatic carbocycles. The molecule has 10 nitrogen and oxygen atoms in total. The summed E-state index contributed by atoms with van der Waals surface area (Å²) in [6.07, 6.45) is -0.150. The van der Waals surface area contributed by atoms with Crippen molar-refractivity contribution in [1.82, 2.24) is 5.32 Å². The van der Waals surface area contributed by atoms with Gasteiger partial charge in [0.2, 0.25) is 0 Å². The SMILES string of the molecule is Cc1ccccc1S(=O)(=O)CC(CS(=O)(=O)c1ccccc1C)C(=O)c1ccc(C(=O)NCCOCCC(=O)O)cc1. The molecule has 224 valence electrons. The van der Waals surface area contributed by atoms with Crippen molar-refractivity contribution in [3.05, 3.63) is 95.1 Å². The summed E-state index contributed by atoms with van der Waals surface area (Å²) in [5.74, 6) is -4.98. The molecule has 0 unspecified atom stereocenters. The maximum atomic E-state index is 13.6. The van der Waals surface area contributed by atoms with Gasteiger partial charge in [0, 0.05) is 17.7 Å². The number of sulfone groups is 2. The van der Waals surface area contributed by atoms with E-state index in [1.165, 1.54) is 36.4 Å². The fourth-order valence-corrected chi connectivity index (χ4v) is 8.14. The largest absolute Gasteiger partial charge is 0.481 e. The van der Waals surface area contributed by atoms with E-state index in [9.17, 15) is 31.2 Å². The first-order valence-corrected chi connectivity index (χ1v) is 16.4. The molecule has 12 heteroatoms. The van der Waals surface area contributed by atoms with Crippen molar-refractivity contribution in [2.45, 2.75) is 30.1 Å². The van der Waals surface area contributed by atoms with E-state index in [0.29, 0.717) is 11.1 Å². The van der Waals surface area contributed by atoms with Crippen LogP contribution in [0.3, 0.4) is 0 Å². The summed E-state index contributed by atoms with van der Waals surface area (Å²) in [6, 6.07) is 18.1. The van der Waals surface area contributed by atoms with Gasteiger partial charge in [-0.3, -0.25) is 14.4 Å². The molecule has 0 spiro atoms. The van der Waals surface area contributed by atoms with E-state index in [1.54, 1.807) is 50.2 Å². The number of hydrogen-bond donors (Lipinski definition) is 2. The third kappa shape index (κ3) is 8.81.